The zero-order valence-corrected chi connectivity index (χ0v) is 23.1. The minimum atomic E-state index is -0.694. The third-order valence-electron chi connectivity index (χ3n) is 7.90. The highest BCUT2D eigenvalue weighted by molar-refractivity contribution is 5.90. The van der Waals surface area contributed by atoms with Crippen LogP contribution in [-0.4, -0.2) is 93.6 Å². The van der Waals surface area contributed by atoms with Crippen LogP contribution in [-0.2, 0) is 11.2 Å². The molecular weight excluding hydrogens is 520 g/mol. The smallest absolute Gasteiger partial charge is 0.338 e. The number of rotatable bonds is 6. The molecule has 5 N–H and O–H groups in total. The van der Waals surface area contributed by atoms with Crippen molar-refractivity contribution in [3.63, 3.8) is 0 Å². The molecule has 3 fully saturated rings. The van der Waals surface area contributed by atoms with Crippen LogP contribution in [0.15, 0.2) is 41.3 Å². The monoisotopic (exact) mass is 558 g/mol. The van der Waals surface area contributed by atoms with Gasteiger partial charge in [0.15, 0.2) is 0 Å². The van der Waals surface area contributed by atoms with Crippen LogP contribution in [0.25, 0.3) is 5.69 Å². The molecule has 212 valence electrons. The number of halogens is 1. The van der Waals surface area contributed by atoms with Crippen molar-refractivity contribution in [2.24, 2.45) is 11.5 Å². The molecule has 12 heteroatoms. The molecule has 1 atom stereocenters. The molecule has 3 amide bonds. The largest absolute Gasteiger partial charge is 0.354 e. The molecule has 0 bridgehead atoms. The first kappa shape index (κ1) is 29.0. The lowest BCUT2D eigenvalue weighted by Crippen LogP contribution is -2.55. The van der Waals surface area contributed by atoms with Crippen LogP contribution in [0.2, 0.25) is 0 Å². The van der Waals surface area contributed by atoms with Crippen LogP contribution in [0.4, 0.5) is 10.6 Å². The summed E-state index contributed by atoms with van der Waals surface area (Å²) in [6.07, 6.45) is 7.32. The maximum absolute atomic E-state index is 12.7. The first-order chi connectivity index (χ1) is 18.3. The van der Waals surface area contributed by atoms with Crippen LogP contribution >= 0.6 is 12.4 Å². The number of carbonyl (C=O) groups excluding carboxylic acids is 2. The van der Waals surface area contributed by atoms with E-state index in [2.05, 4.69) is 15.2 Å². The van der Waals surface area contributed by atoms with E-state index in [9.17, 15) is 14.4 Å². The van der Waals surface area contributed by atoms with Crippen LogP contribution in [0.1, 0.15) is 37.7 Å². The standard InChI is InChI=1S/C27H38N8O3.ClH/c28-21-2-1-12-32(14-8-21)13-7-20-3-5-22(6-4-20)35-15-9-23(31-26(35)38)30-25(37)34-18-16-33(17-19-34)24(36)27(29)10-11-27;/h3-6,9,15,21H,1-2,7-8,10-14,16-19,28-29H2,(H,30,31,37,38);1H. The summed E-state index contributed by atoms with van der Waals surface area (Å²) in [5.41, 5.74) is 12.9. The molecule has 2 aliphatic heterocycles. The first-order valence-corrected chi connectivity index (χ1v) is 13.6. The van der Waals surface area contributed by atoms with Gasteiger partial charge in [-0.1, -0.05) is 12.1 Å². The minimum absolute atomic E-state index is 0. The van der Waals surface area contributed by atoms with E-state index >= 15 is 0 Å². The van der Waals surface area contributed by atoms with E-state index in [1.165, 1.54) is 10.1 Å². The molecule has 1 saturated carbocycles. The molecule has 1 aromatic heterocycles. The summed E-state index contributed by atoms with van der Waals surface area (Å²) >= 11 is 0. The molecule has 2 saturated heterocycles. The molecule has 3 heterocycles. The van der Waals surface area contributed by atoms with Crippen molar-refractivity contribution in [3.05, 3.63) is 52.6 Å². The van der Waals surface area contributed by atoms with E-state index in [1.54, 1.807) is 22.1 Å². The first-order valence-electron chi connectivity index (χ1n) is 13.6. The number of nitrogens with one attached hydrogen (secondary N) is 1. The van der Waals surface area contributed by atoms with Gasteiger partial charge in [-0.05, 0) is 75.4 Å². The van der Waals surface area contributed by atoms with Crippen LogP contribution in [0.5, 0.6) is 0 Å². The number of urea groups is 1. The van der Waals surface area contributed by atoms with Gasteiger partial charge in [0.05, 0.1) is 11.2 Å². The molecule has 1 aliphatic carbocycles. The summed E-state index contributed by atoms with van der Waals surface area (Å²) in [6.45, 7) is 4.85. The number of nitrogens with zero attached hydrogens (tertiary/aromatic N) is 5. The highest BCUT2D eigenvalue weighted by Gasteiger charge is 2.48. The van der Waals surface area contributed by atoms with Gasteiger partial charge in [-0.2, -0.15) is 4.98 Å². The average Bonchev–Trinajstić information content (AvgIpc) is 3.71. The second-order valence-electron chi connectivity index (χ2n) is 10.8. The summed E-state index contributed by atoms with van der Waals surface area (Å²) < 4.78 is 1.46. The normalized spacial score (nSPS) is 21.0. The van der Waals surface area contributed by atoms with E-state index in [-0.39, 0.29) is 30.2 Å². The number of carbonyl (C=O) groups is 2. The fraction of sp³-hybridized carbons (Fsp3) is 0.556. The van der Waals surface area contributed by atoms with Gasteiger partial charge in [-0.3, -0.25) is 14.7 Å². The Kier molecular flexibility index (Phi) is 9.27. The summed E-state index contributed by atoms with van der Waals surface area (Å²) in [7, 11) is 0. The number of amides is 3. The van der Waals surface area contributed by atoms with Crippen molar-refractivity contribution in [2.45, 2.75) is 50.1 Å². The van der Waals surface area contributed by atoms with E-state index in [0.29, 0.717) is 32.2 Å². The van der Waals surface area contributed by atoms with Gasteiger partial charge in [-0.15, -0.1) is 12.4 Å². The highest BCUT2D eigenvalue weighted by Crippen LogP contribution is 2.34. The summed E-state index contributed by atoms with van der Waals surface area (Å²) in [4.78, 5) is 47.7. The average molecular weight is 559 g/mol. The zero-order chi connectivity index (χ0) is 26.7. The Hall–Kier alpha value is -2.99. The van der Waals surface area contributed by atoms with Gasteiger partial charge in [0.1, 0.15) is 5.82 Å². The predicted molar refractivity (Wildman–Crippen MR) is 152 cm³/mol. The number of nitrogens with two attached hydrogens (primary N) is 2. The Bertz CT molecular complexity index is 1210. The molecule has 39 heavy (non-hydrogen) atoms. The Balaban J connectivity index is 0.00000353. The van der Waals surface area contributed by atoms with E-state index in [1.807, 2.05) is 24.3 Å². The Morgan fingerprint density at radius 3 is 2.33 bits per heavy atom. The number of hydrogen-bond donors (Lipinski definition) is 3. The van der Waals surface area contributed by atoms with Crippen molar-refractivity contribution < 1.29 is 9.59 Å². The third-order valence-corrected chi connectivity index (χ3v) is 7.90. The Labute approximate surface area is 234 Å². The maximum Gasteiger partial charge on any atom is 0.354 e. The van der Waals surface area contributed by atoms with E-state index in [4.69, 9.17) is 11.5 Å². The Morgan fingerprint density at radius 1 is 0.974 bits per heavy atom. The predicted octanol–water partition coefficient (Wildman–Crippen LogP) is 1.18. The van der Waals surface area contributed by atoms with Gasteiger partial charge in [-0.25, -0.2) is 9.59 Å². The molecule has 1 aromatic carbocycles. The molecule has 5 rings (SSSR count). The SMILES string of the molecule is Cl.NC1CCCN(CCc2ccc(-n3ccc(NC(=O)N4CCN(C(=O)C5(N)CC5)CC4)nc3=O)cc2)CC1. The molecule has 0 radical (unpaired) electrons. The van der Waals surface area contributed by atoms with Crippen molar-refractivity contribution in [1.29, 1.82) is 0 Å². The second-order valence-corrected chi connectivity index (χ2v) is 10.8. The number of anilines is 1. The quantitative estimate of drug-likeness (QED) is 0.483. The van der Waals surface area contributed by atoms with Gasteiger partial charge in [0.25, 0.3) is 0 Å². The molecule has 2 aromatic rings. The molecule has 11 nitrogen and oxygen atoms in total. The zero-order valence-electron chi connectivity index (χ0n) is 22.3. The van der Waals surface area contributed by atoms with Crippen molar-refractivity contribution in [1.82, 2.24) is 24.3 Å². The van der Waals surface area contributed by atoms with Gasteiger partial charge in [0.2, 0.25) is 5.91 Å². The molecule has 0 spiro atoms. The van der Waals surface area contributed by atoms with Crippen LogP contribution in [0, 0.1) is 0 Å². The lowest BCUT2D eigenvalue weighted by Gasteiger charge is -2.35. The molecule has 3 aliphatic rings. The maximum atomic E-state index is 12.7. The fourth-order valence-electron chi connectivity index (χ4n) is 5.15. The lowest BCUT2D eigenvalue weighted by molar-refractivity contribution is -0.135. The van der Waals surface area contributed by atoms with Crippen molar-refractivity contribution >= 4 is 30.2 Å². The van der Waals surface area contributed by atoms with Crippen molar-refractivity contribution in [3.8, 4) is 5.69 Å². The number of likely N-dealkylation sites (tertiary alicyclic amines) is 1. The van der Waals surface area contributed by atoms with E-state index in [0.717, 1.165) is 63.8 Å². The van der Waals surface area contributed by atoms with Crippen molar-refractivity contribution in [2.75, 3.05) is 51.1 Å². The Morgan fingerprint density at radius 2 is 1.67 bits per heavy atom. The van der Waals surface area contributed by atoms with Gasteiger partial charge >= 0.3 is 11.7 Å². The lowest BCUT2D eigenvalue weighted by atomic mass is 10.1. The summed E-state index contributed by atoms with van der Waals surface area (Å²) in [5.74, 6) is 0.168. The summed E-state index contributed by atoms with van der Waals surface area (Å²) in [5, 5.41) is 2.70. The second kappa shape index (κ2) is 12.5. The number of benzene rings is 1. The number of hydrogen-bond acceptors (Lipinski definition) is 7. The number of piperazine rings is 1. The molecular formula is C27H39ClN8O3. The van der Waals surface area contributed by atoms with Gasteiger partial charge in [0, 0.05) is 45.0 Å². The topological polar surface area (TPSA) is 143 Å². The fourth-order valence-corrected chi connectivity index (χ4v) is 5.15. The van der Waals surface area contributed by atoms with E-state index < -0.39 is 11.2 Å². The molecule has 1 unspecified atom stereocenters. The minimum Gasteiger partial charge on any atom is -0.338 e. The van der Waals surface area contributed by atoms with Gasteiger partial charge < -0.3 is 26.2 Å². The third kappa shape index (κ3) is 7.16. The summed E-state index contributed by atoms with van der Waals surface area (Å²) in [6, 6.07) is 9.52. The van der Waals surface area contributed by atoms with Crippen LogP contribution < -0.4 is 22.5 Å². The number of aromatic nitrogens is 2. The van der Waals surface area contributed by atoms with Crippen LogP contribution in [0.3, 0.4) is 0 Å². The highest BCUT2D eigenvalue weighted by atomic mass is 35.5.